The van der Waals surface area contributed by atoms with Crippen molar-refractivity contribution in [1.82, 2.24) is 0 Å². The molecule has 1 N–H and O–H groups in total. The lowest BCUT2D eigenvalue weighted by Gasteiger charge is -2.36. The van der Waals surface area contributed by atoms with Crippen molar-refractivity contribution in [2.24, 2.45) is 0 Å². The van der Waals surface area contributed by atoms with Gasteiger partial charge in [-0.25, -0.2) is 4.79 Å². The Morgan fingerprint density at radius 2 is 1.70 bits per heavy atom. The van der Waals surface area contributed by atoms with Gasteiger partial charge in [0.15, 0.2) is 0 Å². The third-order valence-electron chi connectivity index (χ3n) is 4.72. The number of non-ortho nitro benzene ring substituents is 1. The lowest BCUT2D eigenvalue weighted by molar-refractivity contribution is -0.384. The van der Waals surface area contributed by atoms with E-state index in [1.54, 1.807) is 12.1 Å². The summed E-state index contributed by atoms with van der Waals surface area (Å²) in [7, 11) is 1.17. The van der Waals surface area contributed by atoms with E-state index < -0.39 is 16.8 Å². The first kappa shape index (κ1) is 21.3. The Morgan fingerprint density at radius 1 is 1.10 bits per heavy atom. The number of anilines is 2. The Kier molecular flexibility index (Phi) is 6.31. The van der Waals surface area contributed by atoms with Gasteiger partial charge >= 0.3 is 5.97 Å². The summed E-state index contributed by atoms with van der Waals surface area (Å²) in [6.45, 7) is 5.61. The number of morpholine rings is 1. The van der Waals surface area contributed by atoms with Gasteiger partial charge in [0.25, 0.3) is 11.6 Å². The maximum Gasteiger partial charge on any atom is 0.338 e. The number of hydrogen-bond donors (Lipinski definition) is 1. The van der Waals surface area contributed by atoms with Crippen molar-refractivity contribution in [3.05, 3.63) is 63.7 Å². The van der Waals surface area contributed by atoms with Gasteiger partial charge in [-0.1, -0.05) is 0 Å². The van der Waals surface area contributed by atoms with Crippen LogP contribution in [-0.4, -0.2) is 49.2 Å². The summed E-state index contributed by atoms with van der Waals surface area (Å²) in [5, 5.41) is 13.8. The van der Waals surface area contributed by atoms with Crippen LogP contribution in [0.25, 0.3) is 0 Å². The molecule has 0 aliphatic carbocycles. The third kappa shape index (κ3) is 4.93. The van der Waals surface area contributed by atoms with Crippen molar-refractivity contribution < 1.29 is 24.0 Å². The summed E-state index contributed by atoms with van der Waals surface area (Å²) < 4.78 is 10.3. The standard InChI is InChI=1S/C21H23N3O6/c1-13-11-23(12-14(2)30-13)18-6-4-17(5-7-18)22-20(25)15-8-16(21(26)29-3)10-19(9-15)24(27)28/h4-10,13-14H,11-12H2,1-3H3,(H,22,25). The molecule has 1 heterocycles. The number of rotatable bonds is 5. The highest BCUT2D eigenvalue weighted by Gasteiger charge is 2.22. The number of nitrogens with one attached hydrogen (secondary N) is 1. The van der Waals surface area contributed by atoms with Crippen LogP contribution >= 0.6 is 0 Å². The van der Waals surface area contributed by atoms with Crippen LogP contribution in [0.2, 0.25) is 0 Å². The minimum Gasteiger partial charge on any atom is -0.465 e. The van der Waals surface area contributed by atoms with Crippen LogP contribution in [0.15, 0.2) is 42.5 Å². The van der Waals surface area contributed by atoms with Crippen LogP contribution in [0.4, 0.5) is 17.1 Å². The molecule has 9 heteroatoms. The van der Waals surface area contributed by atoms with Crippen molar-refractivity contribution in [2.45, 2.75) is 26.1 Å². The Labute approximate surface area is 173 Å². The zero-order valence-corrected chi connectivity index (χ0v) is 17.0. The summed E-state index contributed by atoms with van der Waals surface area (Å²) in [4.78, 5) is 37.1. The molecule has 2 atom stereocenters. The summed E-state index contributed by atoms with van der Waals surface area (Å²) in [6.07, 6.45) is 0.261. The normalized spacial score (nSPS) is 18.6. The molecule has 2 unspecified atom stereocenters. The van der Waals surface area contributed by atoms with E-state index in [9.17, 15) is 19.7 Å². The molecule has 3 rings (SSSR count). The molecule has 1 aliphatic heterocycles. The van der Waals surface area contributed by atoms with Crippen molar-refractivity contribution >= 4 is 28.9 Å². The van der Waals surface area contributed by atoms with Crippen molar-refractivity contribution in [3.63, 3.8) is 0 Å². The molecule has 1 amide bonds. The number of carbonyl (C=O) groups is 2. The molecule has 0 spiro atoms. The molecule has 1 fully saturated rings. The highest BCUT2D eigenvalue weighted by Crippen LogP contribution is 2.23. The second-order valence-electron chi connectivity index (χ2n) is 7.18. The Morgan fingerprint density at radius 3 is 2.27 bits per heavy atom. The van der Waals surface area contributed by atoms with Crippen LogP contribution < -0.4 is 10.2 Å². The zero-order valence-electron chi connectivity index (χ0n) is 17.0. The molecule has 1 saturated heterocycles. The summed E-state index contributed by atoms with van der Waals surface area (Å²) >= 11 is 0. The summed E-state index contributed by atoms with van der Waals surface area (Å²) in [5.74, 6) is -1.32. The van der Waals surface area contributed by atoms with Gasteiger partial charge in [0.05, 0.1) is 29.8 Å². The monoisotopic (exact) mass is 413 g/mol. The molecule has 1 aliphatic rings. The second-order valence-corrected chi connectivity index (χ2v) is 7.18. The quantitative estimate of drug-likeness (QED) is 0.455. The van der Waals surface area contributed by atoms with Gasteiger partial charge in [0.2, 0.25) is 0 Å². The van der Waals surface area contributed by atoms with E-state index in [-0.39, 0.29) is 29.0 Å². The van der Waals surface area contributed by atoms with Crippen LogP contribution in [0.3, 0.4) is 0 Å². The first-order valence-corrected chi connectivity index (χ1v) is 9.46. The van der Waals surface area contributed by atoms with Gasteiger partial charge in [-0.3, -0.25) is 14.9 Å². The van der Waals surface area contributed by atoms with E-state index in [2.05, 4.69) is 15.0 Å². The van der Waals surface area contributed by atoms with E-state index in [4.69, 9.17) is 4.74 Å². The minimum absolute atomic E-state index is 0.00972. The fourth-order valence-corrected chi connectivity index (χ4v) is 3.43. The lowest BCUT2D eigenvalue weighted by Crippen LogP contribution is -2.45. The Bertz CT molecular complexity index is 950. The number of nitrogens with zero attached hydrogens (tertiary/aromatic N) is 2. The first-order chi connectivity index (χ1) is 14.3. The van der Waals surface area contributed by atoms with E-state index in [1.165, 1.54) is 13.2 Å². The molecule has 0 radical (unpaired) electrons. The topological polar surface area (TPSA) is 111 Å². The molecule has 0 saturated carbocycles. The van der Waals surface area contributed by atoms with Gasteiger partial charge in [-0.2, -0.15) is 0 Å². The first-order valence-electron chi connectivity index (χ1n) is 9.46. The SMILES string of the molecule is COC(=O)c1cc(C(=O)Nc2ccc(N3CC(C)OC(C)C3)cc2)cc([N+](=O)[O-])c1. The zero-order chi connectivity index (χ0) is 21.8. The molecule has 0 bridgehead atoms. The summed E-state index contributed by atoms with van der Waals surface area (Å²) in [6, 6.07) is 10.8. The highest BCUT2D eigenvalue weighted by atomic mass is 16.6. The number of ether oxygens (including phenoxy) is 2. The minimum atomic E-state index is -0.758. The largest absolute Gasteiger partial charge is 0.465 e. The predicted octanol–water partition coefficient (Wildman–Crippen LogP) is 3.25. The Balaban J connectivity index is 1.76. The number of nitro groups is 1. The fourth-order valence-electron chi connectivity index (χ4n) is 3.43. The van der Waals surface area contributed by atoms with E-state index in [0.29, 0.717) is 5.69 Å². The van der Waals surface area contributed by atoms with Gasteiger partial charge in [0, 0.05) is 42.2 Å². The number of benzene rings is 2. The maximum atomic E-state index is 12.6. The molecule has 0 aromatic heterocycles. The van der Waals surface area contributed by atoms with Gasteiger partial charge in [-0.15, -0.1) is 0 Å². The Hall–Kier alpha value is -3.46. The van der Waals surface area contributed by atoms with E-state index in [1.807, 2.05) is 26.0 Å². The van der Waals surface area contributed by atoms with Crippen molar-refractivity contribution in [2.75, 3.05) is 30.4 Å². The third-order valence-corrected chi connectivity index (χ3v) is 4.72. The molecule has 2 aromatic carbocycles. The van der Waals surface area contributed by atoms with E-state index in [0.717, 1.165) is 30.9 Å². The molecule has 30 heavy (non-hydrogen) atoms. The van der Waals surface area contributed by atoms with Gasteiger partial charge in [-0.05, 0) is 44.2 Å². The second kappa shape index (κ2) is 8.91. The van der Waals surface area contributed by atoms with Gasteiger partial charge in [0.1, 0.15) is 0 Å². The average molecular weight is 413 g/mol. The van der Waals surface area contributed by atoms with Crippen LogP contribution in [0.1, 0.15) is 34.6 Å². The maximum absolute atomic E-state index is 12.6. The number of carbonyl (C=O) groups excluding carboxylic acids is 2. The fraction of sp³-hybridized carbons (Fsp3) is 0.333. The lowest BCUT2D eigenvalue weighted by atomic mass is 10.1. The smallest absolute Gasteiger partial charge is 0.338 e. The number of methoxy groups -OCH3 is 1. The predicted molar refractivity (Wildman–Crippen MR) is 111 cm³/mol. The number of nitro benzene ring substituents is 1. The van der Waals surface area contributed by atoms with Crippen molar-refractivity contribution in [3.8, 4) is 0 Å². The van der Waals surface area contributed by atoms with Crippen LogP contribution in [0, 0.1) is 10.1 Å². The van der Waals surface area contributed by atoms with Crippen LogP contribution in [-0.2, 0) is 9.47 Å². The van der Waals surface area contributed by atoms with Gasteiger partial charge < -0.3 is 19.7 Å². The van der Waals surface area contributed by atoms with Crippen molar-refractivity contribution in [1.29, 1.82) is 0 Å². The average Bonchev–Trinajstić information content (AvgIpc) is 2.72. The van der Waals surface area contributed by atoms with E-state index >= 15 is 0 Å². The molecule has 9 nitrogen and oxygen atoms in total. The number of amides is 1. The summed E-state index contributed by atoms with van der Waals surface area (Å²) in [5.41, 5.74) is 1.10. The molecule has 2 aromatic rings. The molecule has 158 valence electrons. The molecular formula is C21H23N3O6. The molecular weight excluding hydrogens is 390 g/mol. The van der Waals surface area contributed by atoms with Crippen LogP contribution in [0.5, 0.6) is 0 Å². The number of esters is 1. The highest BCUT2D eigenvalue weighted by molar-refractivity contribution is 6.06. The number of hydrogen-bond acceptors (Lipinski definition) is 7.